The lowest BCUT2D eigenvalue weighted by Gasteiger charge is -2.10. The van der Waals surface area contributed by atoms with Crippen LogP contribution in [0.2, 0.25) is 0 Å². The second kappa shape index (κ2) is 4.18. The van der Waals surface area contributed by atoms with Crippen molar-refractivity contribution >= 4 is 22.6 Å². The number of nitrogens with one attached hydrogen (secondary N) is 1. The number of nitrogens with zero attached hydrogens (tertiary/aromatic N) is 1. The molecule has 16 heavy (non-hydrogen) atoms. The molecule has 2 rings (SSSR count). The lowest BCUT2D eigenvalue weighted by molar-refractivity contribution is -0.137. The minimum atomic E-state index is -0.894. The zero-order valence-electron chi connectivity index (χ0n) is 8.84. The third-order valence-electron chi connectivity index (χ3n) is 2.37. The van der Waals surface area contributed by atoms with Gasteiger partial charge in [-0.3, -0.25) is 4.79 Å². The number of anilines is 1. The van der Waals surface area contributed by atoms with Crippen LogP contribution in [0.25, 0.3) is 10.8 Å². The quantitative estimate of drug-likeness (QED) is 0.824. The molecule has 1 atom stereocenters. The Morgan fingerprint density at radius 3 is 2.75 bits per heavy atom. The monoisotopic (exact) mass is 216 g/mol. The summed E-state index contributed by atoms with van der Waals surface area (Å²) in [5.41, 5.74) is 0. The summed E-state index contributed by atoms with van der Waals surface area (Å²) in [6.07, 6.45) is 1.73. The molecular formula is C12H12N2O2. The van der Waals surface area contributed by atoms with Gasteiger partial charge in [-0.25, -0.2) is 4.98 Å². The van der Waals surface area contributed by atoms with Crippen molar-refractivity contribution in [3.05, 3.63) is 36.5 Å². The molecule has 2 aromatic rings. The first-order valence-corrected chi connectivity index (χ1v) is 5.01. The SMILES string of the molecule is CC(Nc1cc2ccccc2cn1)C(=O)O. The van der Waals surface area contributed by atoms with Crippen LogP contribution in [0.1, 0.15) is 6.92 Å². The summed E-state index contributed by atoms with van der Waals surface area (Å²) in [7, 11) is 0. The van der Waals surface area contributed by atoms with Crippen molar-refractivity contribution in [2.45, 2.75) is 13.0 Å². The zero-order valence-corrected chi connectivity index (χ0v) is 8.84. The van der Waals surface area contributed by atoms with Crippen LogP contribution in [0.3, 0.4) is 0 Å². The summed E-state index contributed by atoms with van der Waals surface area (Å²) >= 11 is 0. The normalized spacial score (nSPS) is 12.3. The summed E-state index contributed by atoms with van der Waals surface area (Å²) in [4.78, 5) is 14.8. The van der Waals surface area contributed by atoms with E-state index < -0.39 is 12.0 Å². The highest BCUT2D eigenvalue weighted by Gasteiger charge is 2.10. The average molecular weight is 216 g/mol. The van der Waals surface area contributed by atoms with Gasteiger partial charge < -0.3 is 10.4 Å². The van der Waals surface area contributed by atoms with Crippen LogP contribution in [0.15, 0.2) is 36.5 Å². The van der Waals surface area contributed by atoms with Gasteiger partial charge in [-0.15, -0.1) is 0 Å². The van der Waals surface area contributed by atoms with E-state index in [1.807, 2.05) is 30.3 Å². The molecule has 0 bridgehead atoms. The van der Waals surface area contributed by atoms with Gasteiger partial charge in [0, 0.05) is 11.6 Å². The molecule has 4 heteroatoms. The van der Waals surface area contributed by atoms with E-state index in [9.17, 15) is 4.79 Å². The Bertz CT molecular complexity index is 525. The van der Waals surface area contributed by atoms with Crippen molar-refractivity contribution in [3.63, 3.8) is 0 Å². The van der Waals surface area contributed by atoms with Crippen LogP contribution in [-0.4, -0.2) is 22.1 Å². The fourth-order valence-electron chi connectivity index (χ4n) is 1.45. The molecule has 0 amide bonds. The fraction of sp³-hybridized carbons (Fsp3) is 0.167. The molecule has 0 fully saturated rings. The number of carbonyl (C=O) groups is 1. The average Bonchev–Trinajstić information content (AvgIpc) is 2.28. The summed E-state index contributed by atoms with van der Waals surface area (Å²) < 4.78 is 0. The zero-order chi connectivity index (χ0) is 11.5. The minimum absolute atomic E-state index is 0.577. The van der Waals surface area contributed by atoms with E-state index in [1.54, 1.807) is 13.1 Å². The maximum Gasteiger partial charge on any atom is 0.325 e. The molecule has 0 aliphatic heterocycles. The van der Waals surface area contributed by atoms with Crippen molar-refractivity contribution in [2.24, 2.45) is 0 Å². The summed E-state index contributed by atoms with van der Waals surface area (Å²) in [6.45, 7) is 1.58. The van der Waals surface area contributed by atoms with Crippen molar-refractivity contribution < 1.29 is 9.90 Å². The van der Waals surface area contributed by atoms with Crippen molar-refractivity contribution in [1.29, 1.82) is 0 Å². The maximum absolute atomic E-state index is 10.7. The predicted octanol–water partition coefficient (Wildman–Crippen LogP) is 2.12. The Kier molecular flexibility index (Phi) is 2.72. The van der Waals surface area contributed by atoms with Gasteiger partial charge in [0.2, 0.25) is 0 Å². The minimum Gasteiger partial charge on any atom is -0.480 e. The molecule has 0 radical (unpaired) electrons. The topological polar surface area (TPSA) is 62.2 Å². The highest BCUT2D eigenvalue weighted by Crippen LogP contribution is 2.16. The first-order valence-electron chi connectivity index (χ1n) is 5.01. The number of carboxylic acid groups (broad SMARTS) is 1. The third-order valence-corrected chi connectivity index (χ3v) is 2.37. The molecule has 1 unspecified atom stereocenters. The van der Waals surface area contributed by atoms with E-state index in [2.05, 4.69) is 10.3 Å². The van der Waals surface area contributed by atoms with E-state index >= 15 is 0 Å². The van der Waals surface area contributed by atoms with Gasteiger partial charge in [0.25, 0.3) is 0 Å². The number of hydrogen-bond donors (Lipinski definition) is 2. The molecule has 0 spiro atoms. The lowest BCUT2D eigenvalue weighted by Crippen LogP contribution is -2.25. The third kappa shape index (κ3) is 2.11. The van der Waals surface area contributed by atoms with E-state index in [0.717, 1.165) is 10.8 Å². The Labute approximate surface area is 92.9 Å². The van der Waals surface area contributed by atoms with Gasteiger partial charge in [-0.1, -0.05) is 24.3 Å². The van der Waals surface area contributed by atoms with Crippen LogP contribution < -0.4 is 5.32 Å². The molecule has 0 aliphatic rings. The largest absolute Gasteiger partial charge is 0.480 e. The van der Waals surface area contributed by atoms with E-state index in [4.69, 9.17) is 5.11 Å². The van der Waals surface area contributed by atoms with E-state index in [0.29, 0.717) is 5.82 Å². The first-order chi connectivity index (χ1) is 7.66. The van der Waals surface area contributed by atoms with Crippen LogP contribution >= 0.6 is 0 Å². The van der Waals surface area contributed by atoms with Crippen molar-refractivity contribution in [1.82, 2.24) is 4.98 Å². The first kappa shape index (κ1) is 10.4. The smallest absolute Gasteiger partial charge is 0.325 e. The summed E-state index contributed by atoms with van der Waals surface area (Å²) in [5.74, 6) is -0.316. The number of aliphatic carboxylic acids is 1. The Morgan fingerprint density at radius 1 is 1.38 bits per heavy atom. The van der Waals surface area contributed by atoms with E-state index in [-0.39, 0.29) is 0 Å². The number of fused-ring (bicyclic) bond motifs is 1. The molecule has 1 aromatic carbocycles. The molecule has 4 nitrogen and oxygen atoms in total. The van der Waals surface area contributed by atoms with Gasteiger partial charge in [-0.05, 0) is 18.4 Å². The number of pyridine rings is 1. The van der Waals surface area contributed by atoms with Crippen LogP contribution in [-0.2, 0) is 4.79 Å². The van der Waals surface area contributed by atoms with Crippen LogP contribution in [0.4, 0.5) is 5.82 Å². The summed E-state index contributed by atoms with van der Waals surface area (Å²) in [5, 5.41) is 13.7. The summed E-state index contributed by atoms with van der Waals surface area (Å²) in [6, 6.07) is 9.01. The number of rotatable bonds is 3. The van der Waals surface area contributed by atoms with Crippen LogP contribution in [0, 0.1) is 0 Å². The Morgan fingerprint density at radius 2 is 2.06 bits per heavy atom. The molecule has 2 N–H and O–H groups in total. The molecule has 0 aliphatic carbocycles. The lowest BCUT2D eigenvalue weighted by atomic mass is 10.2. The second-order valence-electron chi connectivity index (χ2n) is 3.62. The number of hydrogen-bond acceptors (Lipinski definition) is 3. The van der Waals surface area contributed by atoms with Crippen molar-refractivity contribution in [2.75, 3.05) is 5.32 Å². The predicted molar refractivity (Wildman–Crippen MR) is 62.5 cm³/mol. The number of aromatic nitrogens is 1. The molecule has 0 saturated carbocycles. The second-order valence-corrected chi connectivity index (χ2v) is 3.62. The number of benzene rings is 1. The maximum atomic E-state index is 10.7. The van der Waals surface area contributed by atoms with Crippen LogP contribution in [0.5, 0.6) is 0 Å². The van der Waals surface area contributed by atoms with Crippen molar-refractivity contribution in [3.8, 4) is 0 Å². The molecule has 1 aromatic heterocycles. The fourth-order valence-corrected chi connectivity index (χ4v) is 1.45. The Hall–Kier alpha value is -2.10. The highest BCUT2D eigenvalue weighted by molar-refractivity contribution is 5.84. The molecule has 82 valence electrons. The Balaban J connectivity index is 2.29. The van der Waals surface area contributed by atoms with Gasteiger partial charge in [-0.2, -0.15) is 0 Å². The van der Waals surface area contributed by atoms with Gasteiger partial charge >= 0.3 is 5.97 Å². The van der Waals surface area contributed by atoms with Gasteiger partial charge in [0.15, 0.2) is 0 Å². The highest BCUT2D eigenvalue weighted by atomic mass is 16.4. The van der Waals surface area contributed by atoms with E-state index in [1.165, 1.54) is 0 Å². The molecular weight excluding hydrogens is 204 g/mol. The molecule has 0 saturated heterocycles. The van der Waals surface area contributed by atoms with Gasteiger partial charge in [0.05, 0.1) is 0 Å². The molecule has 1 heterocycles. The number of carboxylic acids is 1. The standard InChI is InChI=1S/C12H12N2O2/c1-8(12(15)16)14-11-6-9-4-2-3-5-10(9)7-13-11/h2-8H,1H3,(H,13,14)(H,15,16). The van der Waals surface area contributed by atoms with Gasteiger partial charge in [0.1, 0.15) is 11.9 Å².